The number of nitrogens with one attached hydrogen (secondary N) is 3. The van der Waals surface area contributed by atoms with Crippen molar-refractivity contribution in [3.05, 3.63) is 124 Å². The minimum Gasteiger partial charge on any atom is -0.506 e. The van der Waals surface area contributed by atoms with Gasteiger partial charge in [0.2, 0.25) is 0 Å². The molecule has 1 amide bonds. The van der Waals surface area contributed by atoms with Crippen LogP contribution in [-0.4, -0.2) is 11.0 Å². The molecule has 0 spiro atoms. The number of amides is 1. The Morgan fingerprint density at radius 2 is 1.61 bits per heavy atom. The molecular weight excluding hydrogens is 517 g/mol. The van der Waals surface area contributed by atoms with Gasteiger partial charge >= 0.3 is 0 Å². The van der Waals surface area contributed by atoms with Crippen molar-refractivity contribution in [2.75, 3.05) is 16.0 Å². The number of allylic oxidation sites excluding steroid dienone is 2. The van der Waals surface area contributed by atoms with Crippen molar-refractivity contribution in [3.63, 3.8) is 0 Å². The van der Waals surface area contributed by atoms with Gasteiger partial charge in [-0.3, -0.25) is 4.79 Å². The number of hydrogen-bond acceptors (Lipinski definition) is 4. The monoisotopic (exact) mass is 541 g/mol. The van der Waals surface area contributed by atoms with Crippen molar-refractivity contribution >= 4 is 51.9 Å². The molecule has 0 bridgehead atoms. The van der Waals surface area contributed by atoms with Crippen LogP contribution in [0.25, 0.3) is 0 Å². The molecule has 1 aliphatic carbocycles. The zero-order valence-electron chi connectivity index (χ0n) is 20.3. The van der Waals surface area contributed by atoms with Gasteiger partial charge in [-0.2, -0.15) is 0 Å². The highest BCUT2D eigenvalue weighted by Crippen LogP contribution is 2.53. The van der Waals surface area contributed by atoms with E-state index in [9.17, 15) is 9.90 Å². The lowest BCUT2D eigenvalue weighted by Crippen LogP contribution is -2.31. The van der Waals surface area contributed by atoms with Gasteiger partial charge in [-0.15, -0.1) is 0 Å². The summed E-state index contributed by atoms with van der Waals surface area (Å²) in [5, 5.41) is 21.4. The molecule has 5 nitrogen and oxygen atoms in total. The summed E-state index contributed by atoms with van der Waals surface area (Å²) < 4.78 is 0. The Kier molecular flexibility index (Phi) is 6.48. The summed E-state index contributed by atoms with van der Waals surface area (Å²) in [6, 6.07) is 26.3. The molecule has 1 heterocycles. The van der Waals surface area contributed by atoms with E-state index in [0.717, 1.165) is 29.0 Å². The number of para-hydroxylation sites is 2. The number of anilines is 4. The molecule has 1 aliphatic heterocycles. The Balaban J connectivity index is 1.28. The Bertz CT molecular complexity index is 1540. The standard InChI is InChI=1S/C31H25Cl2N3O2/c32-18-16-26(30(37)27(33)17-18)29-24-9-4-8-22(24)23-10-5-11-25(28(23)36-29)31(38)35-21-14-12-20(13-15-21)34-19-6-2-1-3-7-19/h1-8,10-17,22,24,29,34,36-37H,9H2,(H,35,38). The van der Waals surface area contributed by atoms with Gasteiger partial charge in [-0.1, -0.05) is 65.7 Å². The van der Waals surface area contributed by atoms with Crippen molar-refractivity contribution in [1.82, 2.24) is 0 Å². The number of halogens is 2. The van der Waals surface area contributed by atoms with Gasteiger partial charge in [-0.05, 0) is 72.5 Å². The molecule has 0 radical (unpaired) electrons. The maximum atomic E-state index is 13.5. The topological polar surface area (TPSA) is 73.4 Å². The second-order valence-electron chi connectivity index (χ2n) is 9.59. The van der Waals surface area contributed by atoms with Crippen molar-refractivity contribution in [2.24, 2.45) is 5.92 Å². The second-order valence-corrected chi connectivity index (χ2v) is 10.4. The van der Waals surface area contributed by atoms with Crippen molar-refractivity contribution in [3.8, 4) is 5.75 Å². The Hall–Kier alpha value is -3.93. The first-order valence-electron chi connectivity index (χ1n) is 12.5. The summed E-state index contributed by atoms with van der Waals surface area (Å²) in [5.41, 5.74) is 5.58. The van der Waals surface area contributed by atoms with Gasteiger partial charge in [0.15, 0.2) is 0 Å². The zero-order valence-corrected chi connectivity index (χ0v) is 21.8. The number of phenolic OH excluding ortho intramolecular Hbond substituents is 1. The van der Waals surface area contributed by atoms with Crippen LogP contribution in [0.15, 0.2) is 97.1 Å². The first kappa shape index (κ1) is 24.4. The molecule has 4 aromatic rings. The molecule has 3 atom stereocenters. The van der Waals surface area contributed by atoms with E-state index in [4.69, 9.17) is 23.2 Å². The van der Waals surface area contributed by atoms with Crippen LogP contribution in [0.5, 0.6) is 5.75 Å². The van der Waals surface area contributed by atoms with E-state index in [1.54, 1.807) is 6.07 Å². The Morgan fingerprint density at radius 1 is 0.868 bits per heavy atom. The van der Waals surface area contributed by atoms with Crippen molar-refractivity contribution in [1.29, 1.82) is 0 Å². The third kappa shape index (κ3) is 4.60. The third-order valence-electron chi connectivity index (χ3n) is 7.24. The lowest BCUT2D eigenvalue weighted by Gasteiger charge is -2.38. The molecule has 6 rings (SSSR count). The highest BCUT2D eigenvalue weighted by molar-refractivity contribution is 6.35. The number of carbonyl (C=O) groups excluding carboxylic acids is 1. The molecule has 7 heteroatoms. The van der Waals surface area contributed by atoms with E-state index in [0.29, 0.717) is 21.8 Å². The zero-order chi connectivity index (χ0) is 26.2. The van der Waals surface area contributed by atoms with Crippen LogP contribution in [0.1, 0.15) is 39.9 Å². The lowest BCUT2D eigenvalue weighted by molar-refractivity contribution is 0.102. The van der Waals surface area contributed by atoms with Crippen molar-refractivity contribution < 1.29 is 9.90 Å². The van der Waals surface area contributed by atoms with Gasteiger partial charge in [0.25, 0.3) is 5.91 Å². The third-order valence-corrected chi connectivity index (χ3v) is 7.75. The fourth-order valence-corrected chi connectivity index (χ4v) is 5.97. The Labute approximate surface area is 231 Å². The minimum atomic E-state index is -0.268. The number of hydrogen-bond donors (Lipinski definition) is 4. The molecule has 2 aliphatic rings. The molecular formula is C31H25Cl2N3O2. The van der Waals surface area contributed by atoms with Gasteiger partial charge in [0, 0.05) is 33.6 Å². The number of rotatable bonds is 5. The maximum Gasteiger partial charge on any atom is 0.257 e. The quantitative estimate of drug-likeness (QED) is 0.191. The van der Waals surface area contributed by atoms with Crippen LogP contribution < -0.4 is 16.0 Å². The fraction of sp³-hybridized carbons (Fsp3) is 0.129. The van der Waals surface area contributed by atoms with Crippen LogP contribution in [0, 0.1) is 5.92 Å². The SMILES string of the molecule is O=C(Nc1ccc(Nc2ccccc2)cc1)c1cccc2c1NC(c1cc(Cl)cc(Cl)c1O)C1CC=CC21. The number of phenols is 1. The molecule has 3 unspecified atom stereocenters. The molecule has 4 N–H and O–H groups in total. The summed E-state index contributed by atoms with van der Waals surface area (Å²) in [6.45, 7) is 0. The lowest BCUT2D eigenvalue weighted by atomic mass is 9.76. The van der Waals surface area contributed by atoms with E-state index >= 15 is 0 Å². The number of aromatic hydroxyl groups is 1. The molecule has 0 saturated heterocycles. The highest BCUT2D eigenvalue weighted by atomic mass is 35.5. The average molecular weight is 542 g/mol. The van der Waals surface area contributed by atoms with Gasteiger partial charge in [-0.25, -0.2) is 0 Å². The molecule has 0 fully saturated rings. The smallest absolute Gasteiger partial charge is 0.257 e. The predicted molar refractivity (Wildman–Crippen MR) is 155 cm³/mol. The normalized spacial score (nSPS) is 19.3. The van der Waals surface area contributed by atoms with E-state index in [-0.39, 0.29) is 34.6 Å². The second kappa shape index (κ2) is 10.1. The fourth-order valence-electron chi connectivity index (χ4n) is 5.46. The Morgan fingerprint density at radius 3 is 2.39 bits per heavy atom. The van der Waals surface area contributed by atoms with E-state index in [2.05, 4.69) is 34.2 Å². The van der Waals surface area contributed by atoms with Gasteiger partial charge in [0.05, 0.1) is 22.3 Å². The summed E-state index contributed by atoms with van der Waals surface area (Å²) in [4.78, 5) is 13.5. The number of carbonyl (C=O) groups is 1. The molecule has 38 heavy (non-hydrogen) atoms. The summed E-state index contributed by atoms with van der Waals surface area (Å²) in [5.74, 6) is 0.0508. The minimum absolute atomic E-state index is 0.00815. The molecule has 4 aromatic carbocycles. The van der Waals surface area contributed by atoms with Crippen LogP contribution in [0.2, 0.25) is 10.0 Å². The molecule has 190 valence electrons. The summed E-state index contributed by atoms with van der Waals surface area (Å²) >= 11 is 12.6. The van der Waals surface area contributed by atoms with Gasteiger partial charge in [0.1, 0.15) is 5.75 Å². The number of benzene rings is 4. The van der Waals surface area contributed by atoms with Gasteiger partial charge < -0.3 is 21.1 Å². The molecule has 0 aromatic heterocycles. The predicted octanol–water partition coefficient (Wildman–Crippen LogP) is 8.52. The largest absolute Gasteiger partial charge is 0.506 e. The first-order valence-corrected chi connectivity index (χ1v) is 13.2. The van der Waals surface area contributed by atoms with Crippen LogP contribution in [0.3, 0.4) is 0 Å². The number of fused-ring (bicyclic) bond motifs is 3. The summed E-state index contributed by atoms with van der Waals surface area (Å²) in [6.07, 6.45) is 5.17. The average Bonchev–Trinajstić information content (AvgIpc) is 3.42. The van der Waals surface area contributed by atoms with Crippen LogP contribution >= 0.6 is 23.2 Å². The highest BCUT2D eigenvalue weighted by Gasteiger charge is 2.40. The van der Waals surface area contributed by atoms with E-state index in [1.807, 2.05) is 66.7 Å². The van der Waals surface area contributed by atoms with Crippen LogP contribution in [-0.2, 0) is 0 Å². The van der Waals surface area contributed by atoms with Crippen LogP contribution in [0.4, 0.5) is 22.7 Å². The van der Waals surface area contributed by atoms with E-state index < -0.39 is 0 Å². The first-order chi connectivity index (χ1) is 18.5. The summed E-state index contributed by atoms with van der Waals surface area (Å²) in [7, 11) is 0. The van der Waals surface area contributed by atoms with E-state index in [1.165, 1.54) is 6.07 Å². The van der Waals surface area contributed by atoms with Crippen molar-refractivity contribution in [2.45, 2.75) is 18.4 Å². The molecule has 0 saturated carbocycles. The maximum absolute atomic E-state index is 13.5.